The van der Waals surface area contributed by atoms with E-state index in [1.54, 1.807) is 42.5 Å². The predicted molar refractivity (Wildman–Crippen MR) is 110 cm³/mol. The molecule has 4 amide bonds. The van der Waals surface area contributed by atoms with Gasteiger partial charge in [0.05, 0.1) is 17.3 Å². The fourth-order valence-electron chi connectivity index (χ4n) is 2.63. The number of carbonyl (C=O) groups is 3. The number of hydrogen-bond acceptors (Lipinski definition) is 5. The van der Waals surface area contributed by atoms with E-state index in [1.807, 2.05) is 0 Å². The summed E-state index contributed by atoms with van der Waals surface area (Å²) in [6.07, 6.45) is 6.58. The van der Waals surface area contributed by atoms with Crippen molar-refractivity contribution in [3.8, 4) is 23.8 Å². The molecule has 2 aromatic rings. The van der Waals surface area contributed by atoms with Crippen molar-refractivity contribution in [1.29, 1.82) is 0 Å². The van der Waals surface area contributed by atoms with Crippen LogP contribution in [0.25, 0.3) is 6.08 Å². The second kappa shape index (κ2) is 8.63. The van der Waals surface area contributed by atoms with Crippen LogP contribution in [0.5, 0.6) is 11.5 Å². The van der Waals surface area contributed by atoms with Gasteiger partial charge in [-0.25, -0.2) is 9.69 Å². The number of nitrogens with one attached hydrogen (secondary N) is 1. The van der Waals surface area contributed by atoms with Crippen LogP contribution in [0.1, 0.15) is 5.56 Å². The van der Waals surface area contributed by atoms with Gasteiger partial charge in [0.1, 0.15) is 23.7 Å². The van der Waals surface area contributed by atoms with Crippen LogP contribution in [0.3, 0.4) is 0 Å². The first-order chi connectivity index (χ1) is 13.9. The van der Waals surface area contributed by atoms with Crippen molar-refractivity contribution in [3.63, 3.8) is 0 Å². The number of amides is 4. The lowest BCUT2D eigenvalue weighted by Crippen LogP contribution is -2.54. The number of nitrogens with zero attached hydrogens (tertiary/aromatic N) is 1. The number of anilines is 1. The number of urea groups is 1. The van der Waals surface area contributed by atoms with Gasteiger partial charge < -0.3 is 9.47 Å². The van der Waals surface area contributed by atoms with Crippen molar-refractivity contribution < 1.29 is 23.9 Å². The number of imide groups is 2. The Hall–Kier alpha value is -3.57. The van der Waals surface area contributed by atoms with Crippen LogP contribution < -0.4 is 19.7 Å². The molecule has 3 rings (SSSR count). The summed E-state index contributed by atoms with van der Waals surface area (Å²) in [5.41, 5.74) is 0.697. The molecule has 7 nitrogen and oxygen atoms in total. The molecule has 0 unspecified atom stereocenters. The molecule has 1 aliphatic heterocycles. The minimum atomic E-state index is -0.818. The fraction of sp³-hybridized carbons (Fsp3) is 0.0952. The van der Waals surface area contributed by atoms with Gasteiger partial charge in [-0.1, -0.05) is 12.0 Å². The number of hydrogen-bond donors (Lipinski definition) is 1. The van der Waals surface area contributed by atoms with Gasteiger partial charge >= 0.3 is 6.03 Å². The largest absolute Gasteiger partial charge is 0.497 e. The summed E-state index contributed by atoms with van der Waals surface area (Å²) in [5.74, 6) is 1.97. The maximum Gasteiger partial charge on any atom is 0.335 e. The second-order valence-electron chi connectivity index (χ2n) is 5.84. The zero-order valence-electron chi connectivity index (χ0n) is 15.3. The summed E-state index contributed by atoms with van der Waals surface area (Å²) < 4.78 is 11.1. The van der Waals surface area contributed by atoms with Crippen LogP contribution in [-0.2, 0) is 9.59 Å². The van der Waals surface area contributed by atoms with Crippen LogP contribution in [-0.4, -0.2) is 31.6 Å². The number of ether oxygens (including phenoxy) is 2. The van der Waals surface area contributed by atoms with E-state index in [1.165, 1.54) is 13.2 Å². The Balaban J connectivity index is 1.92. The second-order valence-corrected chi connectivity index (χ2v) is 6.69. The maximum atomic E-state index is 12.9. The molecule has 1 N–H and O–H groups in total. The van der Waals surface area contributed by atoms with Crippen molar-refractivity contribution in [2.75, 3.05) is 18.6 Å². The zero-order chi connectivity index (χ0) is 21.0. The zero-order valence-corrected chi connectivity index (χ0v) is 16.9. The number of terminal acetylenes is 1. The summed E-state index contributed by atoms with van der Waals surface area (Å²) in [6.45, 7) is 0.110. The van der Waals surface area contributed by atoms with Crippen LogP contribution in [0.15, 0.2) is 52.5 Å². The molecule has 0 radical (unpaired) electrons. The van der Waals surface area contributed by atoms with Crippen LogP contribution in [0.2, 0.25) is 0 Å². The molecule has 0 spiro atoms. The van der Waals surface area contributed by atoms with Crippen LogP contribution in [0, 0.1) is 12.3 Å². The molecule has 1 saturated heterocycles. The van der Waals surface area contributed by atoms with E-state index in [0.717, 1.165) is 4.90 Å². The van der Waals surface area contributed by atoms with Crippen molar-refractivity contribution >= 4 is 45.5 Å². The molecule has 8 heteroatoms. The van der Waals surface area contributed by atoms with Gasteiger partial charge in [-0.15, -0.1) is 6.42 Å². The van der Waals surface area contributed by atoms with Gasteiger partial charge in [0.15, 0.2) is 0 Å². The first kappa shape index (κ1) is 20.2. The third-order valence-corrected chi connectivity index (χ3v) is 4.63. The predicted octanol–water partition coefficient (Wildman–Crippen LogP) is 3.14. The highest BCUT2D eigenvalue weighted by Gasteiger charge is 2.36. The van der Waals surface area contributed by atoms with Gasteiger partial charge in [0.2, 0.25) is 0 Å². The van der Waals surface area contributed by atoms with Crippen molar-refractivity contribution in [2.45, 2.75) is 0 Å². The van der Waals surface area contributed by atoms with E-state index < -0.39 is 17.8 Å². The lowest BCUT2D eigenvalue weighted by atomic mass is 10.1. The summed E-state index contributed by atoms with van der Waals surface area (Å²) in [4.78, 5) is 38.3. The smallest absolute Gasteiger partial charge is 0.335 e. The number of benzene rings is 2. The highest BCUT2D eigenvalue weighted by atomic mass is 79.9. The van der Waals surface area contributed by atoms with Gasteiger partial charge in [0.25, 0.3) is 11.8 Å². The lowest BCUT2D eigenvalue weighted by Gasteiger charge is -2.26. The van der Waals surface area contributed by atoms with E-state index >= 15 is 0 Å². The summed E-state index contributed by atoms with van der Waals surface area (Å²) in [6, 6.07) is 10.5. The highest BCUT2D eigenvalue weighted by Crippen LogP contribution is 2.28. The maximum absolute atomic E-state index is 12.9. The number of rotatable bonds is 5. The van der Waals surface area contributed by atoms with Crippen molar-refractivity contribution in [2.24, 2.45) is 0 Å². The normalized spacial score (nSPS) is 15.1. The Morgan fingerprint density at radius 1 is 1.17 bits per heavy atom. The van der Waals surface area contributed by atoms with Gasteiger partial charge in [0, 0.05) is 0 Å². The average molecular weight is 455 g/mol. The number of carbonyl (C=O) groups excluding carboxylic acids is 3. The molecule has 0 aliphatic carbocycles. The molecule has 0 atom stereocenters. The quantitative estimate of drug-likeness (QED) is 0.426. The lowest BCUT2D eigenvalue weighted by molar-refractivity contribution is -0.122. The van der Waals surface area contributed by atoms with Crippen LogP contribution in [0.4, 0.5) is 10.5 Å². The Morgan fingerprint density at radius 2 is 1.90 bits per heavy atom. The molecule has 0 saturated carbocycles. The number of barbiturate groups is 1. The summed E-state index contributed by atoms with van der Waals surface area (Å²) in [7, 11) is 1.51. The first-order valence-electron chi connectivity index (χ1n) is 8.36. The Labute approximate surface area is 175 Å². The van der Waals surface area contributed by atoms with E-state index in [9.17, 15) is 14.4 Å². The third kappa shape index (κ3) is 4.31. The molecule has 2 aromatic carbocycles. The minimum absolute atomic E-state index is 0.110. The minimum Gasteiger partial charge on any atom is -0.497 e. The summed E-state index contributed by atoms with van der Waals surface area (Å²) in [5, 5.41) is 2.18. The molecule has 1 aliphatic rings. The van der Waals surface area contributed by atoms with E-state index in [2.05, 4.69) is 27.2 Å². The number of halogens is 1. The molecule has 0 bridgehead atoms. The first-order valence-corrected chi connectivity index (χ1v) is 9.15. The van der Waals surface area contributed by atoms with E-state index in [0.29, 0.717) is 27.2 Å². The Morgan fingerprint density at radius 3 is 2.52 bits per heavy atom. The van der Waals surface area contributed by atoms with Crippen LogP contribution >= 0.6 is 15.9 Å². The molecule has 146 valence electrons. The fourth-order valence-corrected chi connectivity index (χ4v) is 3.14. The molecular formula is C21H15BrN2O5. The van der Waals surface area contributed by atoms with Gasteiger partial charge in [-0.05, 0) is 64.0 Å². The molecule has 0 aromatic heterocycles. The molecule has 1 heterocycles. The van der Waals surface area contributed by atoms with E-state index in [-0.39, 0.29) is 12.2 Å². The van der Waals surface area contributed by atoms with E-state index in [4.69, 9.17) is 15.9 Å². The Bertz CT molecular complexity index is 1050. The number of methoxy groups -OCH3 is 1. The third-order valence-electron chi connectivity index (χ3n) is 4.01. The SMILES string of the molecule is C#CCOc1ccc(/C=C2/C(=O)NC(=O)N(c3ccc(OC)cc3)C2=O)cc1Br. The van der Waals surface area contributed by atoms with Crippen molar-refractivity contribution in [3.05, 3.63) is 58.1 Å². The van der Waals surface area contributed by atoms with Gasteiger partial charge in [-0.3, -0.25) is 14.9 Å². The average Bonchev–Trinajstić information content (AvgIpc) is 2.71. The monoisotopic (exact) mass is 454 g/mol. The Kier molecular flexibility index (Phi) is 6.00. The van der Waals surface area contributed by atoms with Crippen molar-refractivity contribution in [1.82, 2.24) is 5.32 Å². The standard InChI is InChI=1S/C21H15BrN2O5/c1-3-10-29-18-9-4-13(12-17(18)22)11-16-19(25)23-21(27)24(20(16)26)14-5-7-15(28-2)8-6-14/h1,4-9,11-12H,10H2,2H3,(H,23,25,27)/b16-11-. The molecular weight excluding hydrogens is 440 g/mol. The summed E-state index contributed by atoms with van der Waals surface area (Å²) >= 11 is 3.36. The molecule has 29 heavy (non-hydrogen) atoms. The van der Waals surface area contributed by atoms with Gasteiger partial charge in [-0.2, -0.15) is 0 Å². The topological polar surface area (TPSA) is 84.9 Å². The highest BCUT2D eigenvalue weighted by molar-refractivity contribution is 9.10. The molecule has 1 fully saturated rings.